The van der Waals surface area contributed by atoms with Gasteiger partial charge in [0.2, 0.25) is 0 Å². The van der Waals surface area contributed by atoms with Gasteiger partial charge in [-0.1, -0.05) is 19.3 Å². The number of ketones is 1. The van der Waals surface area contributed by atoms with Gasteiger partial charge in [-0.05, 0) is 18.9 Å². The molecule has 0 spiro atoms. The van der Waals surface area contributed by atoms with Crippen molar-refractivity contribution in [2.24, 2.45) is 11.1 Å². The molecule has 0 bridgehead atoms. The number of aromatic nitrogens is 1. The standard InChI is InChI=1S/C13H17FN2O/c14-11-6-10(7-16-8-11)12(17)13(9-15)4-2-1-3-5-13/h6-8H,1-5,9,15H2. The first-order valence-corrected chi connectivity index (χ1v) is 6.03. The molecule has 1 heterocycles. The average Bonchev–Trinajstić information content (AvgIpc) is 2.38. The topological polar surface area (TPSA) is 56.0 Å². The number of hydrogen-bond acceptors (Lipinski definition) is 3. The van der Waals surface area contributed by atoms with Crippen LogP contribution in [0.15, 0.2) is 18.5 Å². The molecule has 17 heavy (non-hydrogen) atoms. The summed E-state index contributed by atoms with van der Waals surface area (Å²) >= 11 is 0. The maximum absolute atomic E-state index is 13.1. The van der Waals surface area contributed by atoms with Crippen molar-refractivity contribution >= 4 is 5.78 Å². The SMILES string of the molecule is NCC1(C(=O)c2cncc(F)c2)CCCCC1. The Hall–Kier alpha value is -1.29. The Labute approximate surface area is 100 Å². The van der Waals surface area contributed by atoms with Crippen molar-refractivity contribution in [2.75, 3.05) is 6.54 Å². The Morgan fingerprint density at radius 3 is 2.65 bits per heavy atom. The van der Waals surface area contributed by atoms with Crippen LogP contribution in [0.4, 0.5) is 4.39 Å². The number of halogens is 1. The van der Waals surface area contributed by atoms with E-state index in [1.807, 2.05) is 0 Å². The first-order valence-electron chi connectivity index (χ1n) is 6.03. The summed E-state index contributed by atoms with van der Waals surface area (Å²) < 4.78 is 13.1. The fraction of sp³-hybridized carbons (Fsp3) is 0.538. The molecule has 0 atom stereocenters. The highest BCUT2D eigenvalue weighted by Gasteiger charge is 2.38. The summed E-state index contributed by atoms with van der Waals surface area (Å²) in [6.07, 6.45) is 7.33. The van der Waals surface area contributed by atoms with Gasteiger partial charge in [0.15, 0.2) is 5.78 Å². The number of carbonyl (C=O) groups is 1. The number of rotatable bonds is 3. The van der Waals surface area contributed by atoms with Gasteiger partial charge in [-0.15, -0.1) is 0 Å². The maximum Gasteiger partial charge on any atom is 0.171 e. The Bertz CT molecular complexity index is 414. The third-order valence-electron chi connectivity index (χ3n) is 3.65. The van der Waals surface area contributed by atoms with Crippen LogP contribution in [0.1, 0.15) is 42.5 Å². The van der Waals surface area contributed by atoms with Crippen molar-refractivity contribution in [1.29, 1.82) is 0 Å². The van der Waals surface area contributed by atoms with Gasteiger partial charge in [0.25, 0.3) is 0 Å². The number of nitrogens with two attached hydrogens (primary N) is 1. The van der Waals surface area contributed by atoms with Gasteiger partial charge in [-0.2, -0.15) is 0 Å². The van der Waals surface area contributed by atoms with Crippen LogP contribution in [0.3, 0.4) is 0 Å². The van der Waals surface area contributed by atoms with E-state index in [0.29, 0.717) is 12.1 Å². The second-order valence-electron chi connectivity index (χ2n) is 4.77. The van der Waals surface area contributed by atoms with Crippen LogP contribution in [0.5, 0.6) is 0 Å². The minimum absolute atomic E-state index is 0.0494. The number of nitrogens with zero attached hydrogens (tertiary/aromatic N) is 1. The minimum atomic E-state index is -0.492. The van der Waals surface area contributed by atoms with Crippen molar-refractivity contribution in [3.8, 4) is 0 Å². The zero-order valence-electron chi connectivity index (χ0n) is 9.79. The van der Waals surface area contributed by atoms with Gasteiger partial charge in [0.05, 0.1) is 6.20 Å². The predicted molar refractivity (Wildman–Crippen MR) is 63.1 cm³/mol. The van der Waals surface area contributed by atoms with Crippen LogP contribution >= 0.6 is 0 Å². The summed E-state index contributed by atoms with van der Waals surface area (Å²) in [7, 11) is 0. The van der Waals surface area contributed by atoms with Crippen molar-refractivity contribution in [1.82, 2.24) is 4.98 Å². The van der Waals surface area contributed by atoms with Gasteiger partial charge in [-0.3, -0.25) is 9.78 Å². The summed E-state index contributed by atoms with van der Waals surface area (Å²) in [5.41, 5.74) is 5.63. The second kappa shape index (κ2) is 4.92. The predicted octanol–water partition coefficient (Wildman–Crippen LogP) is 2.31. The number of pyridine rings is 1. The Balaban J connectivity index is 2.28. The molecule has 92 valence electrons. The Kier molecular flexibility index (Phi) is 3.52. The van der Waals surface area contributed by atoms with Gasteiger partial charge in [0.1, 0.15) is 5.82 Å². The Morgan fingerprint density at radius 1 is 1.35 bits per heavy atom. The third kappa shape index (κ3) is 2.36. The molecule has 4 heteroatoms. The number of carbonyl (C=O) groups excluding carboxylic acids is 1. The quantitative estimate of drug-likeness (QED) is 0.819. The summed E-state index contributed by atoms with van der Waals surface area (Å²) in [5.74, 6) is -0.523. The van der Waals surface area contributed by atoms with Crippen LogP contribution in [0.25, 0.3) is 0 Å². The van der Waals surface area contributed by atoms with Crippen LogP contribution in [-0.4, -0.2) is 17.3 Å². The van der Waals surface area contributed by atoms with Gasteiger partial charge in [0, 0.05) is 23.7 Å². The molecule has 0 aliphatic heterocycles. The normalized spacial score (nSPS) is 18.9. The first-order chi connectivity index (χ1) is 8.18. The van der Waals surface area contributed by atoms with E-state index in [2.05, 4.69) is 4.98 Å². The lowest BCUT2D eigenvalue weighted by molar-refractivity contribution is 0.0728. The summed E-state index contributed by atoms with van der Waals surface area (Å²) in [5, 5.41) is 0. The molecule has 0 radical (unpaired) electrons. The maximum atomic E-state index is 13.1. The largest absolute Gasteiger partial charge is 0.329 e. The highest BCUT2D eigenvalue weighted by Crippen LogP contribution is 2.38. The van der Waals surface area contributed by atoms with Crippen LogP contribution in [0.2, 0.25) is 0 Å². The third-order valence-corrected chi connectivity index (χ3v) is 3.65. The zero-order valence-corrected chi connectivity index (χ0v) is 9.79. The molecule has 0 amide bonds. The highest BCUT2D eigenvalue weighted by molar-refractivity contribution is 6.00. The fourth-order valence-corrected chi connectivity index (χ4v) is 2.59. The molecule has 1 aliphatic carbocycles. The van der Waals surface area contributed by atoms with Gasteiger partial charge < -0.3 is 5.73 Å². The molecule has 1 aromatic rings. The van der Waals surface area contributed by atoms with Crippen LogP contribution in [-0.2, 0) is 0 Å². The monoisotopic (exact) mass is 236 g/mol. The molecule has 3 nitrogen and oxygen atoms in total. The summed E-state index contributed by atoms with van der Waals surface area (Å²) in [6.45, 7) is 0.336. The lowest BCUT2D eigenvalue weighted by Gasteiger charge is -2.34. The molecular weight excluding hydrogens is 219 g/mol. The second-order valence-corrected chi connectivity index (χ2v) is 4.77. The number of hydrogen-bond donors (Lipinski definition) is 1. The van der Waals surface area contributed by atoms with Crippen LogP contribution < -0.4 is 5.73 Å². The first kappa shape index (κ1) is 12.2. The van der Waals surface area contributed by atoms with E-state index in [-0.39, 0.29) is 5.78 Å². The van der Waals surface area contributed by atoms with E-state index < -0.39 is 11.2 Å². The van der Waals surface area contributed by atoms with E-state index in [1.165, 1.54) is 12.3 Å². The molecule has 0 unspecified atom stereocenters. The van der Waals surface area contributed by atoms with Crippen molar-refractivity contribution in [2.45, 2.75) is 32.1 Å². The molecule has 2 rings (SSSR count). The lowest BCUT2D eigenvalue weighted by Crippen LogP contribution is -2.40. The van der Waals surface area contributed by atoms with Gasteiger partial charge >= 0.3 is 0 Å². The lowest BCUT2D eigenvalue weighted by atomic mass is 9.69. The summed E-state index contributed by atoms with van der Waals surface area (Å²) in [6, 6.07) is 1.25. The Morgan fingerprint density at radius 2 is 2.06 bits per heavy atom. The van der Waals surface area contributed by atoms with E-state index in [1.54, 1.807) is 0 Å². The molecule has 1 fully saturated rings. The minimum Gasteiger partial charge on any atom is -0.329 e. The molecule has 2 N–H and O–H groups in total. The number of Topliss-reactive ketones (excluding diaryl/α,β-unsaturated/α-hetero) is 1. The molecule has 1 aromatic heterocycles. The fourth-order valence-electron chi connectivity index (χ4n) is 2.59. The molecular formula is C13H17FN2O. The van der Waals surface area contributed by atoms with E-state index in [9.17, 15) is 9.18 Å². The molecule has 1 aliphatic rings. The molecule has 1 saturated carbocycles. The van der Waals surface area contributed by atoms with Gasteiger partial charge in [-0.25, -0.2) is 4.39 Å². The van der Waals surface area contributed by atoms with Crippen LogP contribution in [0, 0.1) is 11.2 Å². The van der Waals surface area contributed by atoms with Crippen molar-refractivity contribution in [3.05, 3.63) is 29.8 Å². The average molecular weight is 236 g/mol. The zero-order chi connectivity index (χ0) is 12.3. The molecule has 0 aromatic carbocycles. The summed E-state index contributed by atoms with van der Waals surface area (Å²) in [4.78, 5) is 16.1. The van der Waals surface area contributed by atoms with E-state index in [0.717, 1.165) is 38.3 Å². The smallest absolute Gasteiger partial charge is 0.171 e. The van der Waals surface area contributed by atoms with Crippen molar-refractivity contribution in [3.63, 3.8) is 0 Å². The highest BCUT2D eigenvalue weighted by atomic mass is 19.1. The van der Waals surface area contributed by atoms with Crippen molar-refractivity contribution < 1.29 is 9.18 Å². The molecule has 0 saturated heterocycles. The van der Waals surface area contributed by atoms with E-state index in [4.69, 9.17) is 5.73 Å². The van der Waals surface area contributed by atoms with E-state index >= 15 is 0 Å².